The summed E-state index contributed by atoms with van der Waals surface area (Å²) in [6, 6.07) is 13.5. The fourth-order valence-electron chi connectivity index (χ4n) is 4.29. The average Bonchev–Trinajstić information content (AvgIpc) is 3.16. The number of carbonyl (C=O) groups excluding carboxylic acids is 2. The second-order valence-electron chi connectivity index (χ2n) is 6.64. The lowest BCUT2D eigenvalue weighted by Gasteiger charge is -2.24. The molecule has 114 valence electrons. The topological polar surface area (TPSA) is 46.6 Å². The minimum Gasteiger partial charge on any atom is -0.362 e. The van der Waals surface area contributed by atoms with Gasteiger partial charge >= 0.3 is 0 Å². The number of imide groups is 1. The predicted molar refractivity (Wildman–Crippen MR) is 85.8 cm³/mol. The Morgan fingerprint density at radius 2 is 1.83 bits per heavy atom. The smallest absolute Gasteiger partial charge is 0.241 e. The summed E-state index contributed by atoms with van der Waals surface area (Å²) in [7, 11) is 0. The van der Waals surface area contributed by atoms with Gasteiger partial charge in [-0.15, -0.1) is 0 Å². The molecule has 0 aromatic heterocycles. The van der Waals surface area contributed by atoms with Crippen LogP contribution < -0.4 is 4.90 Å². The van der Waals surface area contributed by atoms with Crippen molar-refractivity contribution in [2.24, 2.45) is 11.8 Å². The van der Waals surface area contributed by atoms with Crippen molar-refractivity contribution in [1.82, 2.24) is 0 Å². The SMILES string of the molecule is C[C@]12C=C[C@H](O1)[C@H]1C(=O)N(c3cccc4ccccc34)C(=O)[C@@H]12. The summed E-state index contributed by atoms with van der Waals surface area (Å²) in [5.41, 5.74) is 0.0250. The molecule has 2 saturated heterocycles. The molecule has 2 bridgehead atoms. The first-order chi connectivity index (χ1) is 11.1. The lowest BCUT2D eigenvalue weighted by molar-refractivity contribution is -0.126. The van der Waals surface area contributed by atoms with Gasteiger partial charge in [0.1, 0.15) is 0 Å². The molecule has 0 aliphatic carbocycles. The number of hydrogen-bond acceptors (Lipinski definition) is 3. The molecule has 2 aromatic rings. The van der Waals surface area contributed by atoms with Gasteiger partial charge in [-0.25, -0.2) is 4.90 Å². The van der Waals surface area contributed by atoms with Crippen LogP contribution in [0.4, 0.5) is 5.69 Å². The third-order valence-corrected chi connectivity index (χ3v) is 5.34. The minimum atomic E-state index is -0.651. The molecule has 2 aromatic carbocycles. The fourth-order valence-corrected chi connectivity index (χ4v) is 4.29. The van der Waals surface area contributed by atoms with Crippen molar-refractivity contribution in [3.63, 3.8) is 0 Å². The Bertz CT molecular complexity index is 897. The van der Waals surface area contributed by atoms with Crippen LogP contribution in [0.15, 0.2) is 54.6 Å². The molecule has 3 aliphatic heterocycles. The molecule has 0 spiro atoms. The van der Waals surface area contributed by atoms with Crippen molar-refractivity contribution in [3.8, 4) is 0 Å². The molecule has 3 aliphatic rings. The summed E-state index contributed by atoms with van der Waals surface area (Å²) in [5, 5.41) is 1.94. The van der Waals surface area contributed by atoms with Crippen molar-refractivity contribution in [2.45, 2.75) is 18.6 Å². The number of rotatable bonds is 1. The highest BCUT2D eigenvalue weighted by molar-refractivity contribution is 6.26. The first-order valence-corrected chi connectivity index (χ1v) is 7.83. The molecule has 4 heteroatoms. The molecule has 23 heavy (non-hydrogen) atoms. The van der Waals surface area contributed by atoms with Gasteiger partial charge in [0, 0.05) is 5.39 Å². The van der Waals surface area contributed by atoms with Gasteiger partial charge in [-0.3, -0.25) is 9.59 Å². The molecule has 2 amide bonds. The van der Waals surface area contributed by atoms with Crippen LogP contribution in [0.2, 0.25) is 0 Å². The Hall–Kier alpha value is -2.46. The zero-order valence-corrected chi connectivity index (χ0v) is 12.6. The Kier molecular flexibility index (Phi) is 2.31. The standard InChI is InChI=1S/C19H15NO3/c1-19-10-9-14(23-19)15-16(19)18(22)20(17(15)21)13-8-4-6-11-5-2-3-7-12(11)13/h2-10,14-16H,1H3/t14-,15+,16+,19+/m0/s1. The van der Waals surface area contributed by atoms with Crippen LogP contribution in [0.3, 0.4) is 0 Å². The second-order valence-corrected chi connectivity index (χ2v) is 6.64. The first-order valence-electron chi connectivity index (χ1n) is 7.83. The molecule has 5 rings (SSSR count). The largest absolute Gasteiger partial charge is 0.362 e. The van der Waals surface area contributed by atoms with Crippen molar-refractivity contribution in [3.05, 3.63) is 54.6 Å². The molecule has 0 saturated carbocycles. The maximum Gasteiger partial charge on any atom is 0.241 e. The van der Waals surface area contributed by atoms with E-state index in [2.05, 4.69) is 0 Å². The highest BCUT2D eigenvalue weighted by Gasteiger charge is 2.66. The quantitative estimate of drug-likeness (QED) is 0.601. The van der Waals surface area contributed by atoms with Gasteiger partial charge in [-0.05, 0) is 18.4 Å². The number of amides is 2. The van der Waals surface area contributed by atoms with Gasteiger partial charge in [0.15, 0.2) is 0 Å². The fraction of sp³-hybridized carbons (Fsp3) is 0.263. The molecular weight excluding hydrogens is 290 g/mol. The Morgan fingerprint density at radius 1 is 1.04 bits per heavy atom. The number of nitrogens with zero attached hydrogens (tertiary/aromatic N) is 1. The summed E-state index contributed by atoms with van der Waals surface area (Å²) in [4.78, 5) is 27.4. The summed E-state index contributed by atoms with van der Waals surface area (Å²) in [6.07, 6.45) is 3.57. The van der Waals surface area contributed by atoms with Crippen molar-refractivity contribution in [2.75, 3.05) is 4.90 Å². The summed E-state index contributed by atoms with van der Waals surface area (Å²) >= 11 is 0. The summed E-state index contributed by atoms with van der Waals surface area (Å²) in [6.45, 7) is 1.89. The number of carbonyl (C=O) groups is 2. The third-order valence-electron chi connectivity index (χ3n) is 5.34. The molecule has 0 radical (unpaired) electrons. The van der Waals surface area contributed by atoms with Gasteiger partial charge in [0.05, 0.1) is 29.2 Å². The Balaban J connectivity index is 1.68. The van der Waals surface area contributed by atoms with Crippen LogP contribution in [0, 0.1) is 11.8 Å². The number of benzene rings is 2. The zero-order valence-electron chi connectivity index (χ0n) is 12.6. The van der Waals surface area contributed by atoms with E-state index in [9.17, 15) is 9.59 Å². The highest BCUT2D eigenvalue weighted by atomic mass is 16.5. The van der Waals surface area contributed by atoms with Crippen LogP contribution in [-0.4, -0.2) is 23.5 Å². The number of ether oxygens (including phenoxy) is 1. The normalized spacial score (nSPS) is 34.7. The molecule has 4 atom stereocenters. The van der Waals surface area contributed by atoms with E-state index in [1.165, 1.54) is 4.90 Å². The second kappa shape index (κ2) is 4.09. The van der Waals surface area contributed by atoms with E-state index in [1.54, 1.807) is 0 Å². The van der Waals surface area contributed by atoms with Crippen LogP contribution in [0.1, 0.15) is 6.92 Å². The van der Waals surface area contributed by atoms with E-state index in [0.717, 1.165) is 10.8 Å². The van der Waals surface area contributed by atoms with E-state index < -0.39 is 17.4 Å². The van der Waals surface area contributed by atoms with E-state index in [4.69, 9.17) is 4.74 Å². The van der Waals surface area contributed by atoms with Gasteiger partial charge in [-0.1, -0.05) is 48.6 Å². The van der Waals surface area contributed by atoms with Gasteiger partial charge in [0.2, 0.25) is 11.8 Å². The Labute approximate surface area is 133 Å². The number of anilines is 1. The van der Waals surface area contributed by atoms with Gasteiger partial charge in [-0.2, -0.15) is 0 Å². The van der Waals surface area contributed by atoms with E-state index >= 15 is 0 Å². The molecule has 2 fully saturated rings. The maximum absolute atomic E-state index is 13.0. The average molecular weight is 305 g/mol. The zero-order chi connectivity index (χ0) is 15.8. The van der Waals surface area contributed by atoms with Crippen LogP contribution in [0.5, 0.6) is 0 Å². The van der Waals surface area contributed by atoms with Crippen molar-refractivity contribution >= 4 is 28.3 Å². The van der Waals surface area contributed by atoms with Crippen LogP contribution in [0.25, 0.3) is 10.8 Å². The van der Waals surface area contributed by atoms with Crippen molar-refractivity contribution in [1.29, 1.82) is 0 Å². The number of hydrogen-bond donors (Lipinski definition) is 0. The van der Waals surface area contributed by atoms with Gasteiger partial charge < -0.3 is 4.74 Å². The molecule has 4 nitrogen and oxygen atoms in total. The van der Waals surface area contributed by atoms with Crippen LogP contribution >= 0.6 is 0 Å². The maximum atomic E-state index is 13.0. The number of fused-ring (bicyclic) bond motifs is 6. The lowest BCUT2D eigenvalue weighted by Crippen LogP contribution is -2.38. The third kappa shape index (κ3) is 1.49. The first kappa shape index (κ1) is 13.0. The molecular formula is C19H15NO3. The molecule has 0 N–H and O–H groups in total. The van der Waals surface area contributed by atoms with Crippen molar-refractivity contribution < 1.29 is 14.3 Å². The van der Waals surface area contributed by atoms with E-state index in [1.807, 2.05) is 61.5 Å². The lowest BCUT2D eigenvalue weighted by atomic mass is 9.78. The summed E-state index contributed by atoms with van der Waals surface area (Å²) in [5.74, 6) is -1.10. The molecule has 3 heterocycles. The van der Waals surface area contributed by atoms with Crippen LogP contribution in [-0.2, 0) is 14.3 Å². The predicted octanol–water partition coefficient (Wildman–Crippen LogP) is 2.67. The monoisotopic (exact) mass is 305 g/mol. The van der Waals surface area contributed by atoms with E-state index in [-0.39, 0.29) is 17.9 Å². The Morgan fingerprint density at radius 3 is 2.65 bits per heavy atom. The van der Waals surface area contributed by atoms with E-state index in [0.29, 0.717) is 5.69 Å². The van der Waals surface area contributed by atoms with Gasteiger partial charge in [0.25, 0.3) is 0 Å². The molecule has 0 unspecified atom stereocenters. The summed E-state index contributed by atoms with van der Waals surface area (Å²) < 4.78 is 5.86. The highest BCUT2D eigenvalue weighted by Crippen LogP contribution is 2.52. The minimum absolute atomic E-state index is 0.144.